The van der Waals surface area contributed by atoms with Crippen LogP contribution in [0.1, 0.15) is 39.5 Å². The Bertz CT molecular complexity index is 25.0. The molecule has 0 heterocycles. The summed E-state index contributed by atoms with van der Waals surface area (Å²) in [6.45, 7) is 4.46. The van der Waals surface area contributed by atoms with Gasteiger partial charge in [-0.15, -0.1) is 37.2 Å². The van der Waals surface area contributed by atoms with E-state index in [9.17, 15) is 0 Å². The van der Waals surface area contributed by atoms with Crippen molar-refractivity contribution in [2.75, 3.05) is 0 Å². The first-order valence-electron chi connectivity index (χ1n) is 2.91. The normalized spacial score (nSPS) is 5.40. The molecule has 0 bridgehead atoms. The van der Waals surface area contributed by atoms with Gasteiger partial charge in [0.25, 0.3) is 0 Å². The lowest BCUT2D eigenvalue weighted by atomic mass is 10.2. The lowest BCUT2D eigenvalue weighted by Crippen LogP contribution is -1.66. The topological polar surface area (TPSA) is 0 Å². The molecule has 10 heavy (non-hydrogen) atoms. The zero-order valence-electron chi connectivity index (χ0n) is 6.76. The van der Waals surface area contributed by atoms with Gasteiger partial charge in [0.05, 0.1) is 0 Å². The first kappa shape index (κ1) is 30.2. The lowest BCUT2D eigenvalue weighted by Gasteiger charge is -1.86. The molecule has 0 radical (unpaired) electrons. The molecule has 0 saturated heterocycles. The highest BCUT2D eigenvalue weighted by molar-refractivity contribution is 6.92. The molecule has 0 aliphatic heterocycles. The van der Waals surface area contributed by atoms with Crippen molar-refractivity contribution in [3.63, 3.8) is 0 Å². The average Bonchev–Trinajstić information content (AvgIpc) is 1.61. The van der Waals surface area contributed by atoms with Crippen molar-refractivity contribution in [2.45, 2.75) is 39.5 Å². The number of halogens is 3. The fourth-order valence-corrected chi connectivity index (χ4v) is 0.500. The summed E-state index contributed by atoms with van der Waals surface area (Å²) in [7, 11) is 0. The molecule has 0 amide bonds. The van der Waals surface area contributed by atoms with E-state index in [0.29, 0.717) is 0 Å². The van der Waals surface area contributed by atoms with E-state index in [0.717, 1.165) is 0 Å². The van der Waals surface area contributed by atoms with Crippen LogP contribution in [-0.4, -0.2) is 0 Å². The maximum atomic E-state index is 2.23. The fourth-order valence-electron chi connectivity index (χ4n) is 0.500. The standard InChI is InChI=1S/C6H14.3ClH.H3P/c1-3-5-6-4-2;;;;/h3-6H2,1-2H3;3*1H;1H3. The molecule has 0 fully saturated rings. The number of rotatable bonds is 3. The minimum atomic E-state index is 0. The van der Waals surface area contributed by atoms with Crippen LogP contribution in [0.5, 0.6) is 0 Å². The molecule has 0 aromatic rings. The zero-order chi connectivity index (χ0) is 4.83. The van der Waals surface area contributed by atoms with Crippen molar-refractivity contribution in [2.24, 2.45) is 0 Å². The Balaban J connectivity index is -0.0000000208. The third-order valence-corrected chi connectivity index (χ3v) is 0.957. The van der Waals surface area contributed by atoms with Crippen molar-refractivity contribution >= 4 is 47.1 Å². The molecule has 0 nitrogen and oxygen atoms in total. The summed E-state index contributed by atoms with van der Waals surface area (Å²) >= 11 is 0. The fraction of sp³-hybridized carbons (Fsp3) is 1.00. The minimum Gasteiger partial charge on any atom is -0.153 e. The number of hydrogen-bond acceptors (Lipinski definition) is 0. The number of unbranched alkanes of at least 4 members (excludes halogenated alkanes) is 3. The van der Waals surface area contributed by atoms with Crippen LogP contribution >= 0.6 is 47.1 Å². The molecule has 1 atom stereocenters. The van der Waals surface area contributed by atoms with Crippen molar-refractivity contribution in [1.29, 1.82) is 0 Å². The van der Waals surface area contributed by atoms with Gasteiger partial charge in [-0.25, -0.2) is 0 Å². The second-order valence-corrected chi connectivity index (χ2v) is 1.71. The lowest BCUT2D eigenvalue weighted by molar-refractivity contribution is 0.702. The summed E-state index contributed by atoms with van der Waals surface area (Å²) < 4.78 is 0. The molecular formula is C6H20Cl3P. The predicted molar refractivity (Wildman–Crippen MR) is 62.7 cm³/mol. The molecule has 0 rings (SSSR count). The SMILES string of the molecule is CCCCCC.Cl.Cl.Cl.P. The molecule has 0 spiro atoms. The van der Waals surface area contributed by atoms with Crippen LogP contribution in [0.15, 0.2) is 0 Å². The van der Waals surface area contributed by atoms with Crippen molar-refractivity contribution in [3.8, 4) is 0 Å². The van der Waals surface area contributed by atoms with Crippen molar-refractivity contribution < 1.29 is 0 Å². The molecule has 0 aromatic carbocycles. The Kier molecular flexibility index (Phi) is 95.8. The smallest absolute Gasteiger partial charge is 0.0536 e. The Labute approximate surface area is 86.8 Å². The summed E-state index contributed by atoms with van der Waals surface area (Å²) in [5, 5.41) is 0. The van der Waals surface area contributed by atoms with E-state index in [2.05, 4.69) is 13.8 Å². The van der Waals surface area contributed by atoms with Crippen molar-refractivity contribution in [3.05, 3.63) is 0 Å². The van der Waals surface area contributed by atoms with Crippen LogP contribution in [0.2, 0.25) is 0 Å². The zero-order valence-corrected chi connectivity index (χ0v) is 10.6. The molecule has 1 unspecified atom stereocenters. The van der Waals surface area contributed by atoms with E-state index in [4.69, 9.17) is 0 Å². The molecule has 0 aliphatic carbocycles. The highest BCUT2D eigenvalue weighted by Crippen LogP contribution is 1.95. The first-order valence-corrected chi connectivity index (χ1v) is 2.91. The van der Waals surface area contributed by atoms with E-state index in [1.165, 1.54) is 25.7 Å². The number of hydrogen-bond donors (Lipinski definition) is 0. The van der Waals surface area contributed by atoms with Gasteiger partial charge in [-0.2, -0.15) is 9.90 Å². The molecule has 0 aliphatic rings. The molecule has 4 heteroatoms. The molecule has 70 valence electrons. The van der Waals surface area contributed by atoms with Gasteiger partial charge in [0, 0.05) is 0 Å². The van der Waals surface area contributed by atoms with Crippen LogP contribution in [0.25, 0.3) is 0 Å². The van der Waals surface area contributed by atoms with Crippen LogP contribution in [0.4, 0.5) is 0 Å². The highest BCUT2D eigenvalue weighted by Gasteiger charge is 1.75. The largest absolute Gasteiger partial charge is 0.153 e. The van der Waals surface area contributed by atoms with Gasteiger partial charge in [-0.1, -0.05) is 39.5 Å². The maximum Gasteiger partial charge on any atom is -0.0536 e. The van der Waals surface area contributed by atoms with Gasteiger partial charge in [0.2, 0.25) is 0 Å². The molecular weight excluding hydrogens is 209 g/mol. The highest BCUT2D eigenvalue weighted by atomic mass is 35.5. The van der Waals surface area contributed by atoms with Gasteiger partial charge >= 0.3 is 0 Å². The summed E-state index contributed by atoms with van der Waals surface area (Å²) in [5.41, 5.74) is 0. The Morgan fingerprint density at radius 2 is 0.900 bits per heavy atom. The molecule has 0 N–H and O–H groups in total. The van der Waals surface area contributed by atoms with Crippen LogP contribution < -0.4 is 0 Å². The van der Waals surface area contributed by atoms with Gasteiger partial charge in [0.1, 0.15) is 0 Å². The van der Waals surface area contributed by atoms with E-state index in [1.54, 1.807) is 0 Å². The summed E-state index contributed by atoms with van der Waals surface area (Å²) in [4.78, 5) is 0. The average molecular weight is 230 g/mol. The maximum absolute atomic E-state index is 2.23. The second kappa shape index (κ2) is 31.7. The van der Waals surface area contributed by atoms with E-state index < -0.39 is 0 Å². The van der Waals surface area contributed by atoms with Gasteiger partial charge in [-0.05, 0) is 0 Å². The van der Waals surface area contributed by atoms with E-state index in [-0.39, 0.29) is 47.1 Å². The van der Waals surface area contributed by atoms with Gasteiger partial charge in [-0.3, -0.25) is 0 Å². The van der Waals surface area contributed by atoms with Crippen LogP contribution in [-0.2, 0) is 0 Å². The Morgan fingerprint density at radius 3 is 1.00 bits per heavy atom. The quantitative estimate of drug-likeness (QED) is 0.508. The Morgan fingerprint density at radius 1 is 0.700 bits per heavy atom. The summed E-state index contributed by atoms with van der Waals surface area (Å²) in [5.74, 6) is 0. The third-order valence-electron chi connectivity index (χ3n) is 0.957. The summed E-state index contributed by atoms with van der Waals surface area (Å²) in [6, 6.07) is 0. The molecule has 0 saturated carbocycles. The summed E-state index contributed by atoms with van der Waals surface area (Å²) in [6.07, 6.45) is 5.54. The van der Waals surface area contributed by atoms with Crippen molar-refractivity contribution in [1.82, 2.24) is 0 Å². The minimum absolute atomic E-state index is 0. The van der Waals surface area contributed by atoms with E-state index >= 15 is 0 Å². The molecule has 0 aromatic heterocycles. The third kappa shape index (κ3) is 34.6. The van der Waals surface area contributed by atoms with E-state index in [1.807, 2.05) is 0 Å². The van der Waals surface area contributed by atoms with Gasteiger partial charge in [0.15, 0.2) is 0 Å². The van der Waals surface area contributed by atoms with Crippen LogP contribution in [0, 0.1) is 0 Å². The van der Waals surface area contributed by atoms with Gasteiger partial charge < -0.3 is 0 Å². The predicted octanol–water partition coefficient (Wildman–Crippen LogP) is 3.91. The first-order chi connectivity index (χ1) is 2.91. The van der Waals surface area contributed by atoms with Crippen LogP contribution in [0.3, 0.4) is 0 Å². The Hall–Kier alpha value is 1.30. The monoisotopic (exact) mass is 228 g/mol. The second-order valence-electron chi connectivity index (χ2n) is 1.71.